The normalized spacial score (nSPS) is 13.5. The summed E-state index contributed by atoms with van der Waals surface area (Å²) in [7, 11) is 4.06. The summed E-state index contributed by atoms with van der Waals surface area (Å²) in [6.45, 7) is 1.79. The third kappa shape index (κ3) is 3.50. The Hall–Kier alpha value is -4.18. The lowest BCUT2D eigenvalue weighted by atomic mass is 9.95. The predicted molar refractivity (Wildman–Crippen MR) is 136 cm³/mol. The van der Waals surface area contributed by atoms with Crippen LogP contribution in [0.5, 0.6) is 0 Å². The van der Waals surface area contributed by atoms with Gasteiger partial charge in [-0.3, -0.25) is 9.59 Å². The van der Waals surface area contributed by atoms with Gasteiger partial charge in [-0.15, -0.1) is 0 Å². The highest BCUT2D eigenvalue weighted by Crippen LogP contribution is 2.42. The van der Waals surface area contributed by atoms with Crippen LogP contribution >= 0.6 is 0 Å². The van der Waals surface area contributed by atoms with E-state index < -0.39 is 0 Å². The van der Waals surface area contributed by atoms with Gasteiger partial charge >= 0.3 is 0 Å². The van der Waals surface area contributed by atoms with Gasteiger partial charge in [-0.1, -0.05) is 54.6 Å². The molecule has 0 saturated heterocycles. The van der Waals surface area contributed by atoms with Gasteiger partial charge in [0.15, 0.2) is 12.1 Å². The molecule has 0 bridgehead atoms. The van der Waals surface area contributed by atoms with Crippen molar-refractivity contribution in [2.75, 3.05) is 23.9 Å². The van der Waals surface area contributed by atoms with Gasteiger partial charge in [-0.05, 0) is 64.4 Å². The lowest BCUT2D eigenvalue weighted by Crippen LogP contribution is -2.21. The zero-order valence-electron chi connectivity index (χ0n) is 18.9. The van der Waals surface area contributed by atoms with Crippen molar-refractivity contribution in [2.24, 2.45) is 0 Å². The molecule has 4 aromatic rings. The van der Waals surface area contributed by atoms with E-state index in [0.717, 1.165) is 34.3 Å². The summed E-state index contributed by atoms with van der Waals surface area (Å²) in [5.41, 5.74) is 3.66. The molecule has 1 heterocycles. The maximum atomic E-state index is 13.2. The van der Waals surface area contributed by atoms with E-state index >= 15 is 0 Å². The number of rotatable bonds is 4. The number of carbonyl (C=O) groups excluding carboxylic acids is 2. The van der Waals surface area contributed by atoms with Crippen LogP contribution < -0.4 is 9.80 Å². The summed E-state index contributed by atoms with van der Waals surface area (Å²) in [5.74, 6) is 0.827. The van der Waals surface area contributed by atoms with Crippen LogP contribution in [0, 0.1) is 0 Å². The summed E-state index contributed by atoms with van der Waals surface area (Å²) in [5, 5.41) is 4.27. The highest BCUT2D eigenvalue weighted by atomic mass is 16.1. The molecule has 4 heteroatoms. The van der Waals surface area contributed by atoms with Gasteiger partial charge in [0.1, 0.15) is 5.82 Å². The van der Waals surface area contributed by atoms with Gasteiger partial charge in [-0.2, -0.15) is 0 Å². The Labute approximate surface area is 193 Å². The van der Waals surface area contributed by atoms with Gasteiger partial charge < -0.3 is 9.80 Å². The number of hydrogen-bond donors (Lipinski definition) is 0. The first kappa shape index (κ1) is 20.7. The number of carbonyl (C=O) groups is 2. The minimum atomic E-state index is -0.147. The van der Waals surface area contributed by atoms with Crippen molar-refractivity contribution in [1.82, 2.24) is 0 Å². The Morgan fingerprint density at radius 3 is 1.76 bits per heavy atom. The van der Waals surface area contributed by atoms with E-state index in [1.54, 1.807) is 19.1 Å². The highest BCUT2D eigenvalue weighted by molar-refractivity contribution is 6.14. The number of benzene rings is 4. The standard InChI is InChI=1S/C29H24N2O2/c1-19(29(33)25-15-21-9-5-4-8-20(21)14-24(25)18-32)12-13-28-30(2)26-16-22-10-6-7-11-23(22)17-27(26)31(28)3/h4-18H,1-3H3/b19-12+. The van der Waals surface area contributed by atoms with Gasteiger partial charge in [0.2, 0.25) is 0 Å². The van der Waals surface area contributed by atoms with Crippen molar-refractivity contribution in [1.29, 1.82) is 0 Å². The Balaban J connectivity index is 1.50. The zero-order valence-corrected chi connectivity index (χ0v) is 18.9. The Morgan fingerprint density at radius 1 is 0.758 bits per heavy atom. The molecule has 4 nitrogen and oxygen atoms in total. The molecule has 0 aromatic heterocycles. The average molecular weight is 433 g/mol. The Kier molecular flexibility index (Phi) is 5.06. The Bertz CT molecular complexity index is 1450. The number of allylic oxidation sites excluding steroid dienone is 3. The molecule has 33 heavy (non-hydrogen) atoms. The topological polar surface area (TPSA) is 40.6 Å². The minimum Gasteiger partial charge on any atom is -0.329 e. The zero-order chi connectivity index (χ0) is 23.1. The molecule has 0 fully saturated rings. The van der Waals surface area contributed by atoms with Crippen LogP contribution in [0.4, 0.5) is 11.4 Å². The third-order valence-electron chi connectivity index (χ3n) is 6.38. The van der Waals surface area contributed by atoms with Crippen molar-refractivity contribution in [3.05, 3.63) is 107 Å². The summed E-state index contributed by atoms with van der Waals surface area (Å²) in [4.78, 5) is 29.2. The van der Waals surface area contributed by atoms with Crippen LogP contribution in [0.3, 0.4) is 0 Å². The van der Waals surface area contributed by atoms with Crippen LogP contribution in [0.1, 0.15) is 27.6 Å². The molecular formula is C29H24N2O2. The second kappa shape index (κ2) is 8.06. The number of hydrogen-bond acceptors (Lipinski definition) is 4. The van der Waals surface area contributed by atoms with E-state index in [1.807, 2.05) is 62.6 Å². The Morgan fingerprint density at radius 2 is 1.24 bits per heavy atom. The van der Waals surface area contributed by atoms with E-state index in [-0.39, 0.29) is 5.78 Å². The molecule has 0 aliphatic carbocycles. The highest BCUT2D eigenvalue weighted by Gasteiger charge is 2.26. The molecule has 0 spiro atoms. The van der Waals surface area contributed by atoms with Gasteiger partial charge in [0.25, 0.3) is 0 Å². The fourth-order valence-electron chi connectivity index (χ4n) is 4.49. The van der Waals surface area contributed by atoms with E-state index in [0.29, 0.717) is 16.7 Å². The fraction of sp³-hybridized carbons (Fsp3) is 0.103. The van der Waals surface area contributed by atoms with Crippen LogP contribution in [0.2, 0.25) is 0 Å². The van der Waals surface area contributed by atoms with Crippen LogP contribution in [-0.2, 0) is 0 Å². The predicted octanol–water partition coefficient (Wildman–Crippen LogP) is 6.36. The molecule has 4 aromatic carbocycles. The number of nitrogens with zero attached hydrogens (tertiary/aromatic N) is 2. The van der Waals surface area contributed by atoms with Crippen LogP contribution in [0.15, 0.2) is 96.3 Å². The maximum absolute atomic E-state index is 13.2. The largest absolute Gasteiger partial charge is 0.329 e. The van der Waals surface area contributed by atoms with Crippen molar-refractivity contribution >= 4 is 45.0 Å². The second-order valence-electron chi connectivity index (χ2n) is 8.41. The first-order valence-electron chi connectivity index (χ1n) is 10.9. The molecule has 0 unspecified atom stereocenters. The van der Waals surface area contributed by atoms with Crippen LogP contribution in [0.25, 0.3) is 21.5 Å². The number of ketones is 1. The number of fused-ring (bicyclic) bond motifs is 3. The first-order chi connectivity index (χ1) is 16.0. The third-order valence-corrected chi connectivity index (χ3v) is 6.38. The molecule has 0 N–H and O–H groups in total. The number of anilines is 2. The van der Waals surface area contributed by atoms with Crippen LogP contribution in [-0.4, -0.2) is 26.2 Å². The van der Waals surface area contributed by atoms with E-state index in [2.05, 4.69) is 34.1 Å². The number of aldehydes is 1. The molecule has 0 amide bonds. The van der Waals surface area contributed by atoms with Crippen molar-refractivity contribution < 1.29 is 9.59 Å². The molecule has 5 rings (SSSR count). The summed E-state index contributed by atoms with van der Waals surface area (Å²) >= 11 is 0. The van der Waals surface area contributed by atoms with Crippen molar-refractivity contribution in [3.63, 3.8) is 0 Å². The van der Waals surface area contributed by atoms with Crippen molar-refractivity contribution in [2.45, 2.75) is 6.92 Å². The minimum absolute atomic E-state index is 0.147. The molecule has 162 valence electrons. The molecule has 0 radical (unpaired) electrons. The summed E-state index contributed by atoms with van der Waals surface area (Å²) in [6, 6.07) is 24.0. The van der Waals surface area contributed by atoms with Gasteiger partial charge in [-0.25, -0.2) is 0 Å². The summed E-state index contributed by atoms with van der Waals surface area (Å²) in [6.07, 6.45) is 4.55. The molecule has 1 aliphatic rings. The molecule has 0 atom stereocenters. The smallest absolute Gasteiger partial charge is 0.189 e. The lowest BCUT2D eigenvalue weighted by molar-refractivity contribution is 0.102. The van der Waals surface area contributed by atoms with E-state index in [9.17, 15) is 9.59 Å². The van der Waals surface area contributed by atoms with Crippen molar-refractivity contribution in [3.8, 4) is 0 Å². The first-order valence-corrected chi connectivity index (χ1v) is 10.9. The summed E-state index contributed by atoms with van der Waals surface area (Å²) < 4.78 is 0. The van der Waals surface area contributed by atoms with Gasteiger partial charge in [0, 0.05) is 25.2 Å². The van der Waals surface area contributed by atoms with Gasteiger partial charge in [0.05, 0.1) is 11.4 Å². The van der Waals surface area contributed by atoms with E-state index in [4.69, 9.17) is 0 Å². The molecule has 1 aliphatic heterocycles. The molecular weight excluding hydrogens is 408 g/mol. The average Bonchev–Trinajstić information content (AvgIpc) is 3.08. The number of Topliss-reactive ketones (excluding diaryl/α,β-unsaturated/α-hetero) is 1. The second-order valence-corrected chi connectivity index (χ2v) is 8.41. The quantitative estimate of drug-likeness (QED) is 0.214. The monoisotopic (exact) mass is 432 g/mol. The van der Waals surface area contributed by atoms with E-state index in [1.165, 1.54) is 10.8 Å². The SMILES string of the molecule is C/C(=C\C=C1N(C)c2cc3ccccc3cc2N1C)C(=O)c1cc2ccccc2cc1C=O. The fourth-order valence-corrected chi connectivity index (χ4v) is 4.49. The maximum Gasteiger partial charge on any atom is 0.189 e. The lowest BCUT2D eigenvalue weighted by Gasteiger charge is -2.17. The molecule has 0 saturated carbocycles.